The Hall–Kier alpha value is -3.39. The number of aryl methyl sites for hydroxylation is 1. The first kappa shape index (κ1) is 24.7. The molecule has 0 aliphatic carbocycles. The van der Waals surface area contributed by atoms with E-state index in [2.05, 4.69) is 5.32 Å². The van der Waals surface area contributed by atoms with Crippen LogP contribution in [-0.4, -0.2) is 45.5 Å². The second-order valence-electron chi connectivity index (χ2n) is 9.85. The van der Waals surface area contributed by atoms with Crippen molar-refractivity contribution >= 4 is 6.03 Å². The van der Waals surface area contributed by atoms with Crippen LogP contribution in [0.25, 0.3) is 11.3 Å². The van der Waals surface area contributed by atoms with E-state index in [-0.39, 0.29) is 24.4 Å². The molecular weight excluding hydrogens is 447 g/mol. The average Bonchev–Trinajstić information content (AvgIpc) is 3.43. The highest BCUT2D eigenvalue weighted by atomic mass is 19.1. The second kappa shape index (κ2) is 10.5. The van der Waals surface area contributed by atoms with Gasteiger partial charge in [0.05, 0.1) is 18.2 Å². The normalized spacial score (nSPS) is 15.7. The van der Waals surface area contributed by atoms with Crippen LogP contribution >= 0.6 is 0 Å². The number of rotatable bonds is 7. The van der Waals surface area contributed by atoms with E-state index >= 15 is 0 Å². The summed E-state index contributed by atoms with van der Waals surface area (Å²) in [6.07, 6.45) is 1.84. The van der Waals surface area contributed by atoms with E-state index in [1.807, 2.05) is 51.1 Å². The summed E-state index contributed by atoms with van der Waals surface area (Å²) in [6, 6.07) is 15.8. The minimum absolute atomic E-state index is 0.0338. The SMILES string of the molecule is Cn1nc(-c2ccccc2)c(CN(CC2CCCO2)C(=O)NC(C)(C)C)c1Oc1ccccc1F. The summed E-state index contributed by atoms with van der Waals surface area (Å²) >= 11 is 0. The summed E-state index contributed by atoms with van der Waals surface area (Å²) in [4.78, 5) is 15.1. The van der Waals surface area contributed by atoms with Crippen LogP contribution in [0.5, 0.6) is 11.6 Å². The highest BCUT2D eigenvalue weighted by molar-refractivity contribution is 5.76. The van der Waals surface area contributed by atoms with Gasteiger partial charge >= 0.3 is 6.03 Å². The van der Waals surface area contributed by atoms with E-state index < -0.39 is 11.4 Å². The molecule has 8 heteroatoms. The number of carbonyl (C=O) groups is 1. The largest absolute Gasteiger partial charge is 0.436 e. The Morgan fingerprint density at radius 1 is 1.20 bits per heavy atom. The van der Waals surface area contributed by atoms with Gasteiger partial charge in [0.25, 0.3) is 0 Å². The van der Waals surface area contributed by atoms with Crippen LogP contribution in [0.3, 0.4) is 0 Å². The van der Waals surface area contributed by atoms with Gasteiger partial charge in [-0.15, -0.1) is 0 Å². The second-order valence-corrected chi connectivity index (χ2v) is 9.85. The van der Waals surface area contributed by atoms with Crippen LogP contribution in [0.4, 0.5) is 9.18 Å². The summed E-state index contributed by atoms with van der Waals surface area (Å²) < 4.78 is 28.0. The molecule has 1 aliphatic heterocycles. The van der Waals surface area contributed by atoms with Gasteiger partial charge in [0.2, 0.25) is 5.88 Å². The molecule has 2 aromatic carbocycles. The van der Waals surface area contributed by atoms with E-state index in [0.29, 0.717) is 30.3 Å². The highest BCUT2D eigenvalue weighted by Gasteiger charge is 2.29. The number of nitrogens with zero attached hydrogens (tertiary/aromatic N) is 3. The number of benzene rings is 2. The number of nitrogens with one attached hydrogen (secondary N) is 1. The summed E-state index contributed by atoms with van der Waals surface area (Å²) in [5.41, 5.74) is 1.86. The van der Waals surface area contributed by atoms with Crippen molar-refractivity contribution in [3.05, 3.63) is 66.0 Å². The summed E-state index contributed by atoms with van der Waals surface area (Å²) in [5, 5.41) is 7.77. The fourth-order valence-electron chi connectivity index (χ4n) is 4.13. The van der Waals surface area contributed by atoms with E-state index in [1.165, 1.54) is 6.07 Å². The predicted molar refractivity (Wildman–Crippen MR) is 133 cm³/mol. The van der Waals surface area contributed by atoms with Crippen molar-refractivity contribution < 1.29 is 18.7 Å². The molecule has 1 aromatic heterocycles. The van der Waals surface area contributed by atoms with E-state index in [0.717, 1.165) is 18.4 Å². The first-order valence-corrected chi connectivity index (χ1v) is 11.9. The molecule has 1 atom stereocenters. The molecule has 3 aromatic rings. The quantitative estimate of drug-likeness (QED) is 0.484. The first-order valence-electron chi connectivity index (χ1n) is 11.9. The maximum Gasteiger partial charge on any atom is 0.318 e. The monoisotopic (exact) mass is 480 g/mol. The van der Waals surface area contributed by atoms with Crippen LogP contribution in [0.2, 0.25) is 0 Å². The van der Waals surface area contributed by atoms with Gasteiger partial charge in [-0.05, 0) is 45.7 Å². The van der Waals surface area contributed by atoms with Gasteiger partial charge in [0, 0.05) is 31.3 Å². The topological polar surface area (TPSA) is 68.6 Å². The van der Waals surface area contributed by atoms with Crippen LogP contribution in [0.1, 0.15) is 39.2 Å². The van der Waals surface area contributed by atoms with Crippen LogP contribution in [-0.2, 0) is 18.3 Å². The van der Waals surface area contributed by atoms with Gasteiger partial charge < -0.3 is 19.7 Å². The smallest absolute Gasteiger partial charge is 0.318 e. The van der Waals surface area contributed by atoms with Crippen molar-refractivity contribution in [2.45, 2.75) is 51.8 Å². The molecule has 186 valence electrons. The molecule has 0 radical (unpaired) electrons. The van der Waals surface area contributed by atoms with Crippen molar-refractivity contribution in [2.75, 3.05) is 13.2 Å². The van der Waals surface area contributed by atoms with Crippen LogP contribution in [0, 0.1) is 5.82 Å². The Labute approximate surface area is 205 Å². The number of aromatic nitrogens is 2. The van der Waals surface area contributed by atoms with Crippen molar-refractivity contribution in [3.63, 3.8) is 0 Å². The molecule has 2 heterocycles. The zero-order valence-electron chi connectivity index (χ0n) is 20.8. The number of urea groups is 1. The van der Waals surface area contributed by atoms with Crippen LogP contribution in [0.15, 0.2) is 54.6 Å². The standard InChI is InChI=1S/C27H33FN4O3/c1-27(2,3)29-26(33)32(17-20-13-10-16-34-20)18-21-24(19-11-6-5-7-12-19)30-31(4)25(21)35-23-15-9-8-14-22(23)28/h5-9,11-12,14-15,20H,10,13,16-18H2,1-4H3,(H,29,33). The number of halogens is 1. The lowest BCUT2D eigenvalue weighted by atomic mass is 10.1. The van der Waals surface area contributed by atoms with Crippen molar-refractivity contribution in [2.24, 2.45) is 7.05 Å². The maximum atomic E-state index is 14.5. The molecule has 2 amide bonds. The third kappa shape index (κ3) is 6.19. The summed E-state index contributed by atoms with van der Waals surface area (Å²) in [7, 11) is 1.76. The molecule has 0 bridgehead atoms. The van der Waals surface area contributed by atoms with Gasteiger partial charge in [-0.3, -0.25) is 0 Å². The lowest BCUT2D eigenvalue weighted by Crippen LogP contribution is -2.50. The zero-order valence-corrected chi connectivity index (χ0v) is 20.8. The van der Waals surface area contributed by atoms with Gasteiger partial charge in [0.1, 0.15) is 5.69 Å². The third-order valence-corrected chi connectivity index (χ3v) is 5.74. The third-order valence-electron chi connectivity index (χ3n) is 5.74. The number of amides is 2. The van der Waals surface area contributed by atoms with Gasteiger partial charge in [0.15, 0.2) is 11.6 Å². The average molecular weight is 481 g/mol. The molecule has 1 unspecified atom stereocenters. The van der Waals surface area contributed by atoms with Crippen molar-refractivity contribution in [1.29, 1.82) is 0 Å². The Bertz CT molecular complexity index is 1150. The minimum Gasteiger partial charge on any atom is -0.436 e. The first-order chi connectivity index (χ1) is 16.7. The van der Waals surface area contributed by atoms with E-state index in [1.54, 1.807) is 34.8 Å². The molecule has 1 N–H and O–H groups in total. The Balaban J connectivity index is 1.75. The molecule has 1 fully saturated rings. The van der Waals surface area contributed by atoms with E-state index in [4.69, 9.17) is 14.6 Å². The molecule has 35 heavy (non-hydrogen) atoms. The molecule has 1 aliphatic rings. The Kier molecular flexibility index (Phi) is 7.40. The van der Waals surface area contributed by atoms with E-state index in [9.17, 15) is 9.18 Å². The zero-order chi connectivity index (χ0) is 25.0. The van der Waals surface area contributed by atoms with Crippen molar-refractivity contribution in [1.82, 2.24) is 20.0 Å². The number of ether oxygens (including phenoxy) is 2. The predicted octanol–water partition coefficient (Wildman–Crippen LogP) is 5.51. The molecule has 1 saturated heterocycles. The summed E-state index contributed by atoms with van der Waals surface area (Å²) in [6.45, 7) is 7.20. The lowest BCUT2D eigenvalue weighted by Gasteiger charge is -2.30. The lowest BCUT2D eigenvalue weighted by molar-refractivity contribution is 0.0780. The highest BCUT2D eigenvalue weighted by Crippen LogP contribution is 2.35. The Morgan fingerprint density at radius 2 is 1.91 bits per heavy atom. The Morgan fingerprint density at radius 3 is 2.57 bits per heavy atom. The summed E-state index contributed by atoms with van der Waals surface area (Å²) in [5.74, 6) is 0.0126. The fraction of sp³-hybridized carbons (Fsp3) is 0.407. The number of hydrogen-bond donors (Lipinski definition) is 1. The molecule has 4 rings (SSSR count). The van der Waals surface area contributed by atoms with Gasteiger partial charge in [-0.1, -0.05) is 42.5 Å². The molecule has 0 spiro atoms. The van der Waals surface area contributed by atoms with Gasteiger partial charge in [-0.2, -0.15) is 5.10 Å². The molecular formula is C27H33FN4O3. The number of hydrogen-bond acceptors (Lipinski definition) is 4. The number of para-hydroxylation sites is 1. The number of carbonyl (C=O) groups excluding carboxylic acids is 1. The van der Waals surface area contributed by atoms with Gasteiger partial charge in [-0.25, -0.2) is 13.9 Å². The fourth-order valence-corrected chi connectivity index (χ4v) is 4.13. The van der Waals surface area contributed by atoms with Crippen LogP contribution < -0.4 is 10.1 Å². The van der Waals surface area contributed by atoms with Crippen molar-refractivity contribution in [3.8, 4) is 22.9 Å². The molecule has 0 saturated carbocycles. The maximum absolute atomic E-state index is 14.5. The molecule has 7 nitrogen and oxygen atoms in total. The minimum atomic E-state index is -0.470.